The van der Waals surface area contributed by atoms with E-state index < -0.39 is 0 Å². The molecule has 2 aliphatic rings. The summed E-state index contributed by atoms with van der Waals surface area (Å²) in [4.78, 5) is 15.6. The summed E-state index contributed by atoms with van der Waals surface area (Å²) in [6, 6.07) is 17.0. The van der Waals surface area contributed by atoms with Gasteiger partial charge in [0.15, 0.2) is 0 Å². The van der Waals surface area contributed by atoms with Gasteiger partial charge in [-0.25, -0.2) is 5.01 Å². The van der Waals surface area contributed by atoms with E-state index in [4.69, 9.17) is 4.74 Å². The van der Waals surface area contributed by atoms with Crippen LogP contribution in [0.25, 0.3) is 0 Å². The molecular weight excluding hydrogens is 386 g/mol. The van der Waals surface area contributed by atoms with Gasteiger partial charge in [-0.15, -0.1) is 0 Å². The van der Waals surface area contributed by atoms with Gasteiger partial charge in [-0.2, -0.15) is 0 Å². The van der Waals surface area contributed by atoms with Crippen LogP contribution in [0.4, 0.5) is 0 Å². The summed E-state index contributed by atoms with van der Waals surface area (Å²) in [5.74, 6) is 1.11. The highest BCUT2D eigenvalue weighted by molar-refractivity contribution is 5.79. The largest absolute Gasteiger partial charge is 0.494 e. The van der Waals surface area contributed by atoms with Crippen molar-refractivity contribution in [1.29, 1.82) is 0 Å². The molecule has 2 saturated heterocycles. The number of hydrazine groups is 1. The summed E-state index contributed by atoms with van der Waals surface area (Å²) in [5, 5.41) is 4.40. The van der Waals surface area contributed by atoms with Crippen molar-refractivity contribution in [2.24, 2.45) is 0 Å². The van der Waals surface area contributed by atoms with Crippen molar-refractivity contribution in [2.45, 2.75) is 58.2 Å². The second-order valence-corrected chi connectivity index (χ2v) is 8.96. The number of carbonyl (C=O) groups excluding carboxylic acids is 1. The molecule has 2 heterocycles. The van der Waals surface area contributed by atoms with Gasteiger partial charge in [-0.3, -0.25) is 9.80 Å². The Labute approximate surface area is 186 Å². The minimum Gasteiger partial charge on any atom is -0.494 e. The Bertz CT molecular complexity index is 871. The maximum Gasteiger partial charge on any atom is 0.239 e. The van der Waals surface area contributed by atoms with Gasteiger partial charge in [-0.05, 0) is 75.1 Å². The average molecular weight is 422 g/mol. The molecule has 5 heteroatoms. The van der Waals surface area contributed by atoms with Crippen molar-refractivity contribution >= 4 is 5.91 Å². The van der Waals surface area contributed by atoms with Crippen LogP contribution in [0.5, 0.6) is 5.75 Å². The van der Waals surface area contributed by atoms with Gasteiger partial charge in [-0.1, -0.05) is 43.3 Å². The Morgan fingerprint density at radius 1 is 0.871 bits per heavy atom. The van der Waals surface area contributed by atoms with E-state index >= 15 is 0 Å². The molecular formula is C26H35N3O2. The van der Waals surface area contributed by atoms with E-state index in [0.29, 0.717) is 19.6 Å². The zero-order valence-electron chi connectivity index (χ0n) is 19.1. The van der Waals surface area contributed by atoms with Gasteiger partial charge in [0.25, 0.3) is 0 Å². The predicted octanol–water partition coefficient (Wildman–Crippen LogP) is 4.26. The molecule has 0 aliphatic carbocycles. The fraction of sp³-hybridized carbons (Fsp3) is 0.500. The maximum absolute atomic E-state index is 13.3. The molecule has 2 aliphatic heterocycles. The molecule has 2 fully saturated rings. The van der Waals surface area contributed by atoms with Crippen LogP contribution in [0.1, 0.15) is 49.8 Å². The highest BCUT2D eigenvalue weighted by Gasteiger charge is 2.50. The van der Waals surface area contributed by atoms with Crippen LogP contribution in [0.2, 0.25) is 0 Å². The number of nitrogens with zero attached hydrogens (tertiary/aromatic N) is 3. The molecule has 166 valence electrons. The van der Waals surface area contributed by atoms with Crippen LogP contribution in [-0.4, -0.2) is 53.1 Å². The van der Waals surface area contributed by atoms with Crippen molar-refractivity contribution < 1.29 is 9.53 Å². The lowest BCUT2D eigenvalue weighted by Crippen LogP contribution is -2.54. The number of ether oxygens (including phenoxy) is 1. The molecule has 0 N–H and O–H groups in total. The van der Waals surface area contributed by atoms with Crippen molar-refractivity contribution in [1.82, 2.24) is 14.9 Å². The van der Waals surface area contributed by atoms with Gasteiger partial charge >= 0.3 is 0 Å². The molecule has 0 unspecified atom stereocenters. The van der Waals surface area contributed by atoms with Crippen LogP contribution < -0.4 is 4.74 Å². The Balaban J connectivity index is 1.58. The quantitative estimate of drug-likeness (QED) is 0.669. The number of aryl methyl sites for hydroxylation is 1. The smallest absolute Gasteiger partial charge is 0.239 e. The number of piperidine rings is 1. The van der Waals surface area contributed by atoms with Crippen LogP contribution in [0, 0.1) is 0 Å². The van der Waals surface area contributed by atoms with E-state index in [1.165, 1.54) is 11.1 Å². The summed E-state index contributed by atoms with van der Waals surface area (Å²) in [6.45, 7) is 8.28. The number of rotatable bonds is 7. The Morgan fingerprint density at radius 2 is 1.45 bits per heavy atom. The van der Waals surface area contributed by atoms with E-state index in [2.05, 4.69) is 60.3 Å². The zero-order valence-corrected chi connectivity index (χ0v) is 19.1. The summed E-state index contributed by atoms with van der Waals surface area (Å²) in [6.07, 6.45) is 3.72. The minimum absolute atomic E-state index is 0.0711. The molecule has 0 radical (unpaired) electrons. The highest BCUT2D eigenvalue weighted by Crippen LogP contribution is 2.41. The summed E-state index contributed by atoms with van der Waals surface area (Å²) in [7, 11) is 2.18. The lowest BCUT2D eigenvalue weighted by molar-refractivity contribution is -0.145. The summed E-state index contributed by atoms with van der Waals surface area (Å²) >= 11 is 0. The number of likely N-dealkylation sites (tertiary alicyclic amines) is 1. The monoisotopic (exact) mass is 421 g/mol. The van der Waals surface area contributed by atoms with E-state index in [1.54, 1.807) is 0 Å². The molecule has 0 aromatic heterocycles. The third-order valence-electron chi connectivity index (χ3n) is 6.86. The molecule has 4 rings (SSSR count). The first-order valence-corrected chi connectivity index (χ1v) is 11.6. The van der Waals surface area contributed by atoms with Gasteiger partial charge < -0.3 is 9.64 Å². The second kappa shape index (κ2) is 9.41. The second-order valence-electron chi connectivity index (χ2n) is 8.96. The SMILES string of the molecule is CCOc1ccc(CN2C(=O)CC3(CCN(C)CC3)N2Cc2ccc(CC)cc2)cc1. The average Bonchev–Trinajstić information content (AvgIpc) is 3.03. The predicted molar refractivity (Wildman–Crippen MR) is 124 cm³/mol. The van der Waals surface area contributed by atoms with E-state index in [0.717, 1.165) is 50.2 Å². The lowest BCUT2D eigenvalue weighted by Gasteiger charge is -2.45. The first-order chi connectivity index (χ1) is 15.0. The van der Waals surface area contributed by atoms with Gasteiger partial charge in [0.1, 0.15) is 5.75 Å². The van der Waals surface area contributed by atoms with E-state index in [-0.39, 0.29) is 11.4 Å². The molecule has 1 amide bonds. The van der Waals surface area contributed by atoms with E-state index in [9.17, 15) is 4.79 Å². The summed E-state index contributed by atoms with van der Waals surface area (Å²) < 4.78 is 5.58. The third kappa shape index (κ3) is 4.78. The molecule has 2 aromatic carbocycles. The third-order valence-corrected chi connectivity index (χ3v) is 6.86. The molecule has 0 atom stereocenters. The first-order valence-electron chi connectivity index (χ1n) is 11.6. The molecule has 31 heavy (non-hydrogen) atoms. The van der Waals surface area contributed by atoms with Crippen molar-refractivity contribution in [3.63, 3.8) is 0 Å². The first kappa shape index (κ1) is 21.8. The Hall–Kier alpha value is -2.37. The van der Waals surface area contributed by atoms with Crippen LogP contribution in [-0.2, 0) is 24.3 Å². The Morgan fingerprint density at radius 3 is 2.06 bits per heavy atom. The number of hydrogen-bond acceptors (Lipinski definition) is 4. The highest BCUT2D eigenvalue weighted by atomic mass is 16.5. The zero-order chi connectivity index (χ0) is 21.8. The van der Waals surface area contributed by atoms with Crippen molar-refractivity contribution in [3.05, 3.63) is 65.2 Å². The van der Waals surface area contributed by atoms with Crippen LogP contribution >= 0.6 is 0 Å². The van der Waals surface area contributed by atoms with Crippen LogP contribution in [0.3, 0.4) is 0 Å². The molecule has 1 spiro atoms. The van der Waals surface area contributed by atoms with Gasteiger partial charge in [0.2, 0.25) is 5.91 Å². The fourth-order valence-electron chi connectivity index (χ4n) is 4.83. The normalized spacial score (nSPS) is 19.3. The maximum atomic E-state index is 13.3. The van der Waals surface area contributed by atoms with Crippen molar-refractivity contribution in [2.75, 3.05) is 26.7 Å². The number of amides is 1. The minimum atomic E-state index is -0.0711. The molecule has 2 aromatic rings. The fourth-order valence-corrected chi connectivity index (χ4v) is 4.83. The molecule has 5 nitrogen and oxygen atoms in total. The molecule has 0 bridgehead atoms. The number of benzene rings is 2. The standard InChI is InChI=1S/C26H35N3O2/c1-4-21-6-8-23(9-7-21)20-29-26(14-16-27(3)17-15-26)18-25(30)28(29)19-22-10-12-24(13-11-22)31-5-2/h6-13H,4-5,14-20H2,1-3H3. The summed E-state index contributed by atoms with van der Waals surface area (Å²) in [5.41, 5.74) is 3.68. The van der Waals surface area contributed by atoms with Crippen molar-refractivity contribution in [3.8, 4) is 5.75 Å². The molecule has 0 saturated carbocycles. The Kier molecular flexibility index (Phi) is 6.63. The topological polar surface area (TPSA) is 36.0 Å². The van der Waals surface area contributed by atoms with E-state index in [1.807, 2.05) is 24.1 Å². The van der Waals surface area contributed by atoms with Gasteiger partial charge in [0.05, 0.1) is 18.7 Å². The van der Waals surface area contributed by atoms with Gasteiger partial charge in [0, 0.05) is 13.0 Å². The number of carbonyl (C=O) groups is 1. The lowest BCUT2D eigenvalue weighted by atomic mass is 9.84. The number of hydrogen-bond donors (Lipinski definition) is 0. The van der Waals surface area contributed by atoms with Crippen LogP contribution in [0.15, 0.2) is 48.5 Å².